The van der Waals surface area contributed by atoms with E-state index in [0.29, 0.717) is 25.0 Å². The quantitative estimate of drug-likeness (QED) is 0.303. The number of rotatable bonds is 16. The van der Waals surface area contributed by atoms with Crippen LogP contribution in [0.2, 0.25) is 0 Å². The molecule has 0 spiro atoms. The van der Waals surface area contributed by atoms with Crippen LogP contribution in [0.1, 0.15) is 45.1 Å². The number of primary amides is 1. The molecule has 0 unspecified atom stereocenters. The van der Waals surface area contributed by atoms with Gasteiger partial charge in [-0.05, 0) is 55.0 Å². The Kier molecular flexibility index (Phi) is 12.0. The molecule has 0 bridgehead atoms. The number of carbonyl (C=O) groups is 2. The van der Waals surface area contributed by atoms with E-state index >= 15 is 0 Å². The standard InChI is InChI=1S/C27H39N3O6S/c1-20(2)16-17-30(37(34,35)23-14-12-22(36-3)13-15-23)19-25(31)24(18-21-8-5-4-6-9-21)29-27(33)11-7-10-26(28)32/h4-6,8-9,12-15,20,24-25,31H,7,10-11,16-19H2,1-3H3,(H2,28,32)(H,29,33)/t24-,25+/m0/s1. The zero-order chi connectivity index (χ0) is 27.4. The average Bonchev–Trinajstić information content (AvgIpc) is 2.86. The van der Waals surface area contributed by atoms with Crippen molar-refractivity contribution in [3.8, 4) is 5.75 Å². The maximum absolute atomic E-state index is 13.5. The van der Waals surface area contributed by atoms with Crippen molar-refractivity contribution in [2.24, 2.45) is 11.7 Å². The molecule has 0 aliphatic carbocycles. The summed E-state index contributed by atoms with van der Waals surface area (Å²) in [5, 5.41) is 14.1. The number of nitrogens with two attached hydrogens (primary N) is 1. The Morgan fingerprint density at radius 1 is 1.05 bits per heavy atom. The SMILES string of the molecule is COc1ccc(S(=O)(=O)N(CCC(C)C)C[C@@H](O)[C@H](Cc2ccccc2)NC(=O)CCCC(N)=O)cc1. The van der Waals surface area contributed by atoms with E-state index < -0.39 is 28.1 Å². The van der Waals surface area contributed by atoms with Crippen molar-refractivity contribution in [2.75, 3.05) is 20.2 Å². The molecule has 10 heteroatoms. The third-order valence-corrected chi connectivity index (χ3v) is 7.86. The van der Waals surface area contributed by atoms with Crippen LogP contribution in [0.25, 0.3) is 0 Å². The van der Waals surface area contributed by atoms with Crippen molar-refractivity contribution in [3.63, 3.8) is 0 Å². The van der Waals surface area contributed by atoms with Crippen molar-refractivity contribution >= 4 is 21.8 Å². The van der Waals surface area contributed by atoms with Crippen LogP contribution in [0.3, 0.4) is 0 Å². The minimum Gasteiger partial charge on any atom is -0.497 e. The third kappa shape index (κ3) is 10.1. The number of methoxy groups -OCH3 is 1. The number of sulfonamides is 1. The first kappa shape index (κ1) is 30.3. The van der Waals surface area contributed by atoms with E-state index in [2.05, 4.69) is 5.32 Å². The second-order valence-electron chi connectivity index (χ2n) is 9.47. The summed E-state index contributed by atoms with van der Waals surface area (Å²) in [6.45, 7) is 4.02. The van der Waals surface area contributed by atoms with Gasteiger partial charge in [-0.1, -0.05) is 44.2 Å². The summed E-state index contributed by atoms with van der Waals surface area (Å²) < 4.78 is 33.5. The van der Waals surface area contributed by atoms with Crippen LogP contribution in [-0.4, -0.2) is 62.0 Å². The number of hydrogen-bond acceptors (Lipinski definition) is 6. The Morgan fingerprint density at radius 3 is 2.27 bits per heavy atom. The van der Waals surface area contributed by atoms with Gasteiger partial charge in [0.05, 0.1) is 24.2 Å². The molecule has 0 saturated carbocycles. The molecule has 2 amide bonds. The molecule has 9 nitrogen and oxygen atoms in total. The zero-order valence-corrected chi connectivity index (χ0v) is 22.6. The van der Waals surface area contributed by atoms with Gasteiger partial charge in [-0.2, -0.15) is 4.31 Å². The van der Waals surface area contributed by atoms with E-state index in [-0.39, 0.29) is 42.7 Å². The first-order chi connectivity index (χ1) is 17.5. The molecule has 0 aromatic heterocycles. The summed E-state index contributed by atoms with van der Waals surface area (Å²) in [6.07, 6.45) is 0.182. The van der Waals surface area contributed by atoms with Crippen LogP contribution in [0.4, 0.5) is 0 Å². The lowest BCUT2D eigenvalue weighted by molar-refractivity contribution is -0.123. The molecule has 204 valence electrons. The summed E-state index contributed by atoms with van der Waals surface area (Å²) in [7, 11) is -2.42. The lowest BCUT2D eigenvalue weighted by atomic mass is 10.0. The summed E-state index contributed by atoms with van der Waals surface area (Å²) in [5.74, 6) is -0.0448. The number of aliphatic hydroxyl groups excluding tert-OH is 1. The largest absolute Gasteiger partial charge is 0.497 e. The van der Waals surface area contributed by atoms with Crippen LogP contribution >= 0.6 is 0 Å². The first-order valence-electron chi connectivity index (χ1n) is 12.5. The van der Waals surface area contributed by atoms with Gasteiger partial charge in [-0.3, -0.25) is 9.59 Å². The van der Waals surface area contributed by atoms with Gasteiger partial charge in [-0.25, -0.2) is 8.42 Å². The molecule has 2 rings (SSSR count). The van der Waals surface area contributed by atoms with Gasteiger partial charge in [-0.15, -0.1) is 0 Å². The highest BCUT2D eigenvalue weighted by molar-refractivity contribution is 7.89. The van der Waals surface area contributed by atoms with Crippen LogP contribution in [0, 0.1) is 5.92 Å². The molecule has 2 atom stereocenters. The average molecular weight is 534 g/mol. The van der Waals surface area contributed by atoms with Crippen LogP contribution in [0.5, 0.6) is 5.75 Å². The van der Waals surface area contributed by atoms with E-state index in [0.717, 1.165) is 5.56 Å². The monoisotopic (exact) mass is 533 g/mol. The Labute approximate surface area is 220 Å². The number of nitrogens with one attached hydrogen (secondary N) is 1. The van der Waals surface area contributed by atoms with Crippen LogP contribution < -0.4 is 15.8 Å². The van der Waals surface area contributed by atoms with Gasteiger partial charge >= 0.3 is 0 Å². The number of amides is 2. The fourth-order valence-corrected chi connectivity index (χ4v) is 5.27. The summed E-state index contributed by atoms with van der Waals surface area (Å²) >= 11 is 0. The number of hydrogen-bond donors (Lipinski definition) is 3. The van der Waals surface area contributed by atoms with Crippen molar-refractivity contribution in [2.45, 2.75) is 63.0 Å². The van der Waals surface area contributed by atoms with E-state index in [1.54, 1.807) is 12.1 Å². The van der Waals surface area contributed by atoms with Crippen LogP contribution in [-0.2, 0) is 26.0 Å². The Balaban J connectivity index is 2.26. The Hall–Kier alpha value is -2.95. The van der Waals surface area contributed by atoms with Gasteiger partial charge in [0.2, 0.25) is 21.8 Å². The Morgan fingerprint density at radius 2 is 1.70 bits per heavy atom. The predicted octanol–water partition coefficient (Wildman–Crippen LogP) is 2.48. The normalized spacial score (nSPS) is 13.4. The first-order valence-corrected chi connectivity index (χ1v) is 13.9. The second-order valence-corrected chi connectivity index (χ2v) is 11.4. The second kappa shape index (κ2) is 14.7. The highest BCUT2D eigenvalue weighted by atomic mass is 32.2. The summed E-state index contributed by atoms with van der Waals surface area (Å²) in [6, 6.07) is 14.7. The fourth-order valence-electron chi connectivity index (χ4n) is 3.80. The number of benzene rings is 2. The highest BCUT2D eigenvalue weighted by Gasteiger charge is 2.31. The van der Waals surface area contributed by atoms with Crippen LogP contribution in [0.15, 0.2) is 59.5 Å². The lowest BCUT2D eigenvalue weighted by Gasteiger charge is -2.30. The lowest BCUT2D eigenvalue weighted by Crippen LogP contribution is -2.50. The van der Waals surface area contributed by atoms with Gasteiger partial charge < -0.3 is 20.9 Å². The molecule has 2 aromatic rings. The molecule has 2 aromatic carbocycles. The molecular formula is C27H39N3O6S. The number of carbonyl (C=O) groups excluding carboxylic acids is 2. The van der Waals surface area contributed by atoms with E-state index in [4.69, 9.17) is 10.5 Å². The number of ether oxygens (including phenoxy) is 1. The third-order valence-electron chi connectivity index (χ3n) is 5.98. The van der Waals surface area contributed by atoms with Crippen molar-refractivity contribution in [1.29, 1.82) is 0 Å². The maximum Gasteiger partial charge on any atom is 0.243 e. The predicted molar refractivity (Wildman–Crippen MR) is 142 cm³/mol. The molecular weight excluding hydrogens is 494 g/mol. The molecule has 4 N–H and O–H groups in total. The topological polar surface area (TPSA) is 139 Å². The van der Waals surface area contributed by atoms with Crippen molar-refractivity contribution < 1.29 is 27.9 Å². The smallest absolute Gasteiger partial charge is 0.243 e. The fraction of sp³-hybridized carbons (Fsp3) is 0.481. The van der Waals surface area contributed by atoms with Gasteiger partial charge in [0, 0.05) is 25.9 Å². The minimum absolute atomic E-state index is 0.0716. The number of aliphatic hydroxyl groups is 1. The molecule has 37 heavy (non-hydrogen) atoms. The zero-order valence-electron chi connectivity index (χ0n) is 21.8. The van der Waals surface area contributed by atoms with Crippen molar-refractivity contribution in [3.05, 3.63) is 60.2 Å². The maximum atomic E-state index is 13.5. The van der Waals surface area contributed by atoms with Gasteiger partial charge in [0.25, 0.3) is 0 Å². The van der Waals surface area contributed by atoms with E-state index in [1.807, 2.05) is 44.2 Å². The summed E-state index contributed by atoms with van der Waals surface area (Å²) in [5.41, 5.74) is 6.04. The minimum atomic E-state index is -3.92. The highest BCUT2D eigenvalue weighted by Crippen LogP contribution is 2.21. The molecule has 0 fully saturated rings. The molecule has 0 heterocycles. The van der Waals surface area contributed by atoms with Gasteiger partial charge in [0.15, 0.2) is 0 Å². The Bertz CT molecular complexity index is 1090. The van der Waals surface area contributed by atoms with Crippen molar-refractivity contribution in [1.82, 2.24) is 9.62 Å². The number of nitrogens with zero attached hydrogens (tertiary/aromatic N) is 1. The molecule has 0 radical (unpaired) electrons. The van der Waals surface area contributed by atoms with E-state index in [9.17, 15) is 23.1 Å². The molecule has 0 saturated heterocycles. The van der Waals surface area contributed by atoms with Gasteiger partial charge in [0.1, 0.15) is 5.75 Å². The van der Waals surface area contributed by atoms with E-state index in [1.165, 1.54) is 23.5 Å². The summed E-state index contributed by atoms with van der Waals surface area (Å²) in [4.78, 5) is 23.7. The molecule has 0 aliphatic heterocycles. The molecule has 0 aliphatic rings.